The molecule has 0 unspecified atom stereocenters. The molecular formula is C21H24N2O2. The standard InChI is InChI=1S/C21H24N2O2/c1-14-11-15(2)20(16(3)12-14)22-21(25)18-8-6-17(7-9-18)13-23-10-4-5-19(23)24/h6-9,11-12H,4-5,10,13H2,1-3H3,(H,22,25). The third-order valence-electron chi connectivity index (χ3n) is 4.68. The van der Waals surface area contributed by atoms with Crippen molar-refractivity contribution in [2.24, 2.45) is 0 Å². The average molecular weight is 336 g/mol. The number of carbonyl (C=O) groups is 2. The van der Waals surface area contributed by atoms with Gasteiger partial charge in [0.1, 0.15) is 0 Å². The lowest BCUT2D eigenvalue weighted by Crippen LogP contribution is -2.23. The Morgan fingerprint density at radius 3 is 2.28 bits per heavy atom. The predicted molar refractivity (Wildman–Crippen MR) is 99.7 cm³/mol. The van der Waals surface area contributed by atoms with Crippen molar-refractivity contribution in [3.63, 3.8) is 0 Å². The minimum absolute atomic E-state index is 0.112. The Kier molecular flexibility index (Phi) is 4.88. The summed E-state index contributed by atoms with van der Waals surface area (Å²) < 4.78 is 0. The van der Waals surface area contributed by atoms with Gasteiger partial charge in [0.15, 0.2) is 0 Å². The molecule has 1 saturated heterocycles. The highest BCUT2D eigenvalue weighted by Crippen LogP contribution is 2.23. The molecule has 0 saturated carbocycles. The summed E-state index contributed by atoms with van der Waals surface area (Å²) in [7, 11) is 0. The predicted octanol–water partition coefficient (Wildman–Crippen LogP) is 3.99. The molecule has 130 valence electrons. The highest BCUT2D eigenvalue weighted by atomic mass is 16.2. The van der Waals surface area contributed by atoms with Gasteiger partial charge < -0.3 is 10.2 Å². The minimum atomic E-state index is -0.112. The molecule has 0 aliphatic carbocycles. The molecule has 1 fully saturated rings. The maximum Gasteiger partial charge on any atom is 0.255 e. The molecule has 2 amide bonds. The van der Waals surface area contributed by atoms with Crippen molar-refractivity contribution in [3.05, 3.63) is 64.2 Å². The fourth-order valence-electron chi connectivity index (χ4n) is 3.42. The normalized spacial score (nSPS) is 14.0. The second-order valence-corrected chi connectivity index (χ2v) is 6.84. The Morgan fingerprint density at radius 2 is 1.72 bits per heavy atom. The number of aryl methyl sites for hydroxylation is 3. The van der Waals surface area contributed by atoms with Gasteiger partial charge in [-0.2, -0.15) is 0 Å². The summed E-state index contributed by atoms with van der Waals surface area (Å²) in [5.74, 6) is 0.103. The number of anilines is 1. The zero-order chi connectivity index (χ0) is 18.0. The summed E-state index contributed by atoms with van der Waals surface area (Å²) in [6.07, 6.45) is 1.59. The fraction of sp³-hybridized carbons (Fsp3) is 0.333. The van der Waals surface area contributed by atoms with Gasteiger partial charge in [0, 0.05) is 30.8 Å². The van der Waals surface area contributed by atoms with Gasteiger partial charge in [-0.15, -0.1) is 0 Å². The first-order chi connectivity index (χ1) is 11.9. The van der Waals surface area contributed by atoms with Crippen LogP contribution in [0.15, 0.2) is 36.4 Å². The number of benzene rings is 2. The monoisotopic (exact) mass is 336 g/mol. The van der Waals surface area contributed by atoms with Crippen molar-refractivity contribution >= 4 is 17.5 Å². The molecule has 4 heteroatoms. The number of likely N-dealkylation sites (tertiary alicyclic amines) is 1. The van der Waals surface area contributed by atoms with E-state index in [2.05, 4.69) is 24.4 Å². The molecule has 3 rings (SSSR count). The van der Waals surface area contributed by atoms with Crippen LogP contribution >= 0.6 is 0 Å². The molecule has 0 spiro atoms. The Balaban J connectivity index is 1.70. The van der Waals surface area contributed by atoms with Crippen LogP contribution in [0.5, 0.6) is 0 Å². The lowest BCUT2D eigenvalue weighted by Gasteiger charge is -2.16. The molecule has 25 heavy (non-hydrogen) atoms. The number of hydrogen-bond donors (Lipinski definition) is 1. The van der Waals surface area contributed by atoms with Gasteiger partial charge in [0.05, 0.1) is 0 Å². The number of nitrogens with one attached hydrogen (secondary N) is 1. The highest BCUT2D eigenvalue weighted by molar-refractivity contribution is 6.05. The van der Waals surface area contributed by atoms with E-state index < -0.39 is 0 Å². The van der Waals surface area contributed by atoms with E-state index in [1.165, 1.54) is 5.56 Å². The first-order valence-electron chi connectivity index (χ1n) is 8.70. The van der Waals surface area contributed by atoms with E-state index in [4.69, 9.17) is 0 Å². The summed E-state index contributed by atoms with van der Waals surface area (Å²) in [5, 5.41) is 3.02. The van der Waals surface area contributed by atoms with E-state index in [1.54, 1.807) is 0 Å². The van der Waals surface area contributed by atoms with Crippen LogP contribution in [0.25, 0.3) is 0 Å². The van der Waals surface area contributed by atoms with Gasteiger partial charge in [-0.3, -0.25) is 9.59 Å². The quantitative estimate of drug-likeness (QED) is 0.918. The van der Waals surface area contributed by atoms with Gasteiger partial charge in [0.25, 0.3) is 5.91 Å². The third-order valence-corrected chi connectivity index (χ3v) is 4.68. The summed E-state index contributed by atoms with van der Waals surface area (Å²) in [5.41, 5.74) is 5.87. The van der Waals surface area contributed by atoms with Crippen molar-refractivity contribution in [1.29, 1.82) is 0 Å². The second kappa shape index (κ2) is 7.09. The van der Waals surface area contributed by atoms with E-state index in [0.717, 1.165) is 35.3 Å². The van der Waals surface area contributed by atoms with E-state index in [1.807, 2.05) is 43.0 Å². The summed E-state index contributed by atoms with van der Waals surface area (Å²) in [4.78, 5) is 26.1. The van der Waals surface area contributed by atoms with Crippen LogP contribution in [0.2, 0.25) is 0 Å². The molecule has 1 aliphatic rings. The number of hydrogen-bond acceptors (Lipinski definition) is 2. The van der Waals surface area contributed by atoms with Crippen LogP contribution in [0.1, 0.15) is 45.5 Å². The first kappa shape index (κ1) is 17.2. The van der Waals surface area contributed by atoms with Gasteiger partial charge in [-0.25, -0.2) is 0 Å². The molecule has 0 radical (unpaired) electrons. The van der Waals surface area contributed by atoms with Gasteiger partial charge in [-0.1, -0.05) is 29.8 Å². The first-order valence-corrected chi connectivity index (χ1v) is 8.70. The maximum atomic E-state index is 12.5. The lowest BCUT2D eigenvalue weighted by molar-refractivity contribution is -0.128. The zero-order valence-electron chi connectivity index (χ0n) is 15.1. The Labute approximate surface area is 148 Å². The number of nitrogens with zero attached hydrogens (tertiary/aromatic N) is 1. The van der Waals surface area contributed by atoms with Crippen molar-refractivity contribution < 1.29 is 9.59 Å². The molecule has 1 aliphatic heterocycles. The van der Waals surface area contributed by atoms with Crippen LogP contribution in [0.4, 0.5) is 5.69 Å². The van der Waals surface area contributed by atoms with E-state index in [-0.39, 0.29) is 11.8 Å². The summed E-state index contributed by atoms with van der Waals surface area (Å²) in [6, 6.07) is 11.6. The third kappa shape index (κ3) is 3.90. The highest BCUT2D eigenvalue weighted by Gasteiger charge is 2.20. The number of amides is 2. The zero-order valence-corrected chi connectivity index (χ0v) is 15.1. The molecule has 0 aromatic heterocycles. The Bertz CT molecular complexity index is 786. The van der Waals surface area contributed by atoms with Crippen LogP contribution in [-0.2, 0) is 11.3 Å². The topological polar surface area (TPSA) is 49.4 Å². The van der Waals surface area contributed by atoms with Gasteiger partial charge in [-0.05, 0) is 56.0 Å². The average Bonchev–Trinajstić information content (AvgIpc) is 2.96. The van der Waals surface area contributed by atoms with Crippen molar-refractivity contribution in [2.75, 3.05) is 11.9 Å². The molecule has 0 bridgehead atoms. The van der Waals surface area contributed by atoms with E-state index in [9.17, 15) is 9.59 Å². The van der Waals surface area contributed by atoms with Crippen molar-refractivity contribution in [1.82, 2.24) is 4.90 Å². The molecule has 4 nitrogen and oxygen atoms in total. The van der Waals surface area contributed by atoms with Crippen molar-refractivity contribution in [3.8, 4) is 0 Å². The number of carbonyl (C=O) groups excluding carboxylic acids is 2. The van der Waals surface area contributed by atoms with Crippen molar-refractivity contribution in [2.45, 2.75) is 40.2 Å². The fourth-order valence-corrected chi connectivity index (χ4v) is 3.42. The smallest absolute Gasteiger partial charge is 0.255 e. The van der Waals surface area contributed by atoms with Gasteiger partial charge in [0.2, 0.25) is 5.91 Å². The maximum absolute atomic E-state index is 12.5. The molecule has 2 aromatic carbocycles. The number of rotatable bonds is 4. The van der Waals surface area contributed by atoms with Crippen LogP contribution in [-0.4, -0.2) is 23.3 Å². The Hall–Kier alpha value is -2.62. The molecule has 1 heterocycles. The second-order valence-electron chi connectivity index (χ2n) is 6.84. The Morgan fingerprint density at radius 1 is 1.08 bits per heavy atom. The van der Waals surface area contributed by atoms with Crippen LogP contribution in [0, 0.1) is 20.8 Å². The molecule has 1 N–H and O–H groups in total. The molecule has 2 aromatic rings. The lowest BCUT2D eigenvalue weighted by atomic mass is 10.0. The van der Waals surface area contributed by atoms with E-state index in [0.29, 0.717) is 18.5 Å². The summed E-state index contributed by atoms with van der Waals surface area (Å²) in [6.45, 7) is 7.51. The molecular weight excluding hydrogens is 312 g/mol. The van der Waals surface area contributed by atoms with Crippen LogP contribution in [0.3, 0.4) is 0 Å². The largest absolute Gasteiger partial charge is 0.338 e. The summed E-state index contributed by atoms with van der Waals surface area (Å²) >= 11 is 0. The minimum Gasteiger partial charge on any atom is -0.338 e. The molecule has 0 atom stereocenters. The van der Waals surface area contributed by atoms with Gasteiger partial charge >= 0.3 is 0 Å². The van der Waals surface area contributed by atoms with E-state index >= 15 is 0 Å². The SMILES string of the molecule is Cc1cc(C)c(NC(=O)c2ccc(CN3CCCC3=O)cc2)c(C)c1. The van der Waals surface area contributed by atoms with Crippen LogP contribution < -0.4 is 5.32 Å².